The second-order valence-corrected chi connectivity index (χ2v) is 6.40. The number of aromatic nitrogens is 1. The number of amides is 1. The van der Waals surface area contributed by atoms with Gasteiger partial charge in [0.1, 0.15) is 11.8 Å². The lowest BCUT2D eigenvalue weighted by molar-refractivity contribution is 0.102. The molecule has 0 aliphatic heterocycles. The summed E-state index contributed by atoms with van der Waals surface area (Å²) in [4.78, 5) is 13.0. The molecule has 0 saturated carbocycles. The molecule has 3 rings (SSSR count). The molecule has 0 unspecified atom stereocenters. The first-order valence-corrected chi connectivity index (χ1v) is 8.66. The van der Waals surface area contributed by atoms with Crippen LogP contribution in [-0.4, -0.2) is 17.1 Å². The van der Waals surface area contributed by atoms with Crippen LogP contribution < -0.4 is 10.1 Å². The molecule has 0 radical (unpaired) electrons. The van der Waals surface area contributed by atoms with E-state index in [1.807, 2.05) is 57.2 Å². The average Bonchev–Trinajstić information content (AvgIpc) is 2.99. The van der Waals surface area contributed by atoms with E-state index in [-0.39, 0.29) is 12.5 Å². The average molecular weight is 359 g/mol. The minimum Gasteiger partial charge on any atom is -0.479 e. The fourth-order valence-electron chi connectivity index (χ4n) is 3.02. The Morgan fingerprint density at radius 3 is 2.33 bits per heavy atom. The first kappa shape index (κ1) is 18.3. The summed E-state index contributed by atoms with van der Waals surface area (Å²) in [6.45, 7) is 6.01. The lowest BCUT2D eigenvalue weighted by atomic mass is 10.1. The molecule has 2 aromatic carbocycles. The van der Waals surface area contributed by atoms with Crippen molar-refractivity contribution in [3.8, 4) is 17.5 Å². The largest absolute Gasteiger partial charge is 0.479 e. The number of benzene rings is 2. The summed E-state index contributed by atoms with van der Waals surface area (Å²) in [6, 6.07) is 18.8. The quantitative estimate of drug-likeness (QED) is 0.726. The molecule has 0 aliphatic carbocycles. The molecule has 1 N–H and O–H groups in total. The Bertz CT molecular complexity index is 992. The molecule has 1 amide bonds. The first-order chi connectivity index (χ1) is 13.0. The molecule has 0 atom stereocenters. The highest BCUT2D eigenvalue weighted by atomic mass is 16.5. The minimum absolute atomic E-state index is 0.00602. The highest BCUT2D eigenvalue weighted by Crippen LogP contribution is 2.23. The van der Waals surface area contributed by atoms with Crippen molar-refractivity contribution in [2.75, 3.05) is 11.9 Å². The number of ether oxygens (including phenoxy) is 1. The molecule has 0 aliphatic rings. The maximum absolute atomic E-state index is 13.0. The Kier molecular flexibility index (Phi) is 5.28. The molecular formula is C22H21N3O2. The van der Waals surface area contributed by atoms with Crippen LogP contribution in [0.15, 0.2) is 54.6 Å². The predicted molar refractivity (Wildman–Crippen MR) is 105 cm³/mol. The van der Waals surface area contributed by atoms with E-state index in [0.29, 0.717) is 17.0 Å². The number of nitrogens with one attached hydrogen (secondary N) is 1. The number of nitriles is 1. The summed E-state index contributed by atoms with van der Waals surface area (Å²) in [6.07, 6.45) is 0. The molecular weight excluding hydrogens is 338 g/mol. The second-order valence-electron chi connectivity index (χ2n) is 6.40. The summed E-state index contributed by atoms with van der Waals surface area (Å²) in [5, 5.41) is 11.5. The molecule has 3 aromatic rings. The highest BCUT2D eigenvalue weighted by molar-refractivity contribution is 6.07. The van der Waals surface area contributed by atoms with E-state index in [1.54, 1.807) is 24.3 Å². The lowest BCUT2D eigenvalue weighted by Crippen LogP contribution is -2.16. The van der Waals surface area contributed by atoms with Gasteiger partial charge >= 0.3 is 0 Å². The summed E-state index contributed by atoms with van der Waals surface area (Å²) in [7, 11) is 0. The van der Waals surface area contributed by atoms with E-state index >= 15 is 0 Å². The summed E-state index contributed by atoms with van der Waals surface area (Å²) < 4.78 is 7.31. The van der Waals surface area contributed by atoms with Crippen molar-refractivity contribution in [1.82, 2.24) is 4.57 Å². The number of rotatable bonds is 5. The molecule has 1 heterocycles. The van der Waals surface area contributed by atoms with Gasteiger partial charge in [-0.2, -0.15) is 5.26 Å². The van der Waals surface area contributed by atoms with Crippen LogP contribution in [-0.2, 0) is 0 Å². The first-order valence-electron chi connectivity index (χ1n) is 8.66. The van der Waals surface area contributed by atoms with Crippen molar-refractivity contribution in [2.24, 2.45) is 0 Å². The van der Waals surface area contributed by atoms with E-state index in [4.69, 9.17) is 10.00 Å². The van der Waals surface area contributed by atoms with Gasteiger partial charge in [-0.3, -0.25) is 4.79 Å². The number of anilines is 1. The van der Waals surface area contributed by atoms with Crippen LogP contribution in [0.3, 0.4) is 0 Å². The van der Waals surface area contributed by atoms with Crippen LogP contribution >= 0.6 is 0 Å². The molecule has 0 saturated heterocycles. The van der Waals surface area contributed by atoms with Crippen LogP contribution in [0.4, 0.5) is 5.69 Å². The Labute approximate surface area is 158 Å². The minimum atomic E-state index is -0.174. The van der Waals surface area contributed by atoms with Gasteiger partial charge in [-0.15, -0.1) is 0 Å². The Hall–Kier alpha value is -3.52. The van der Waals surface area contributed by atoms with Gasteiger partial charge in [-0.1, -0.05) is 11.6 Å². The predicted octanol–water partition coefficient (Wildman–Crippen LogP) is 4.56. The molecule has 136 valence electrons. The van der Waals surface area contributed by atoms with Gasteiger partial charge < -0.3 is 14.6 Å². The lowest BCUT2D eigenvalue weighted by Gasteiger charge is -2.16. The van der Waals surface area contributed by atoms with E-state index in [0.717, 1.165) is 22.6 Å². The molecule has 5 heteroatoms. The van der Waals surface area contributed by atoms with Gasteiger partial charge in [0, 0.05) is 17.1 Å². The van der Waals surface area contributed by atoms with Crippen molar-refractivity contribution in [3.05, 3.63) is 77.1 Å². The zero-order chi connectivity index (χ0) is 19.4. The van der Waals surface area contributed by atoms with Gasteiger partial charge in [0.2, 0.25) is 0 Å². The Balaban J connectivity index is 1.89. The van der Waals surface area contributed by atoms with E-state index < -0.39 is 0 Å². The number of aryl methyl sites for hydroxylation is 3. The number of nitrogens with zero attached hydrogens (tertiary/aromatic N) is 2. The van der Waals surface area contributed by atoms with Gasteiger partial charge in [-0.25, -0.2) is 0 Å². The van der Waals surface area contributed by atoms with E-state index in [2.05, 4.69) is 9.88 Å². The zero-order valence-corrected chi connectivity index (χ0v) is 15.6. The Morgan fingerprint density at radius 2 is 1.70 bits per heavy atom. The molecule has 5 nitrogen and oxygen atoms in total. The van der Waals surface area contributed by atoms with Crippen LogP contribution in [0.1, 0.15) is 27.3 Å². The zero-order valence-electron chi connectivity index (χ0n) is 15.6. The number of hydrogen-bond acceptors (Lipinski definition) is 3. The van der Waals surface area contributed by atoms with E-state index in [9.17, 15) is 4.79 Å². The topological polar surface area (TPSA) is 67.1 Å². The summed E-state index contributed by atoms with van der Waals surface area (Å²) in [5.41, 5.74) is 5.30. The van der Waals surface area contributed by atoms with Gasteiger partial charge in [-0.05, 0) is 69.3 Å². The highest BCUT2D eigenvalue weighted by Gasteiger charge is 2.16. The van der Waals surface area contributed by atoms with Crippen LogP contribution in [0, 0.1) is 32.1 Å². The van der Waals surface area contributed by atoms with Crippen molar-refractivity contribution in [2.45, 2.75) is 20.8 Å². The standard InChI is InChI=1S/C22H21N3O2/c1-15-4-11-21(25-16(2)5-6-17(25)3)20(14-15)22(26)24-18-7-9-19(10-8-18)27-13-12-23/h4-11,14H,13H2,1-3H3,(H,24,26). The third kappa shape index (κ3) is 4.01. The third-order valence-corrected chi connectivity index (χ3v) is 4.32. The van der Waals surface area contributed by atoms with Gasteiger partial charge in [0.25, 0.3) is 5.91 Å². The number of carbonyl (C=O) groups is 1. The SMILES string of the molecule is Cc1ccc(-n2c(C)ccc2C)c(C(=O)Nc2ccc(OCC#N)cc2)c1. The molecule has 0 bridgehead atoms. The van der Waals surface area contributed by atoms with Crippen LogP contribution in [0.25, 0.3) is 5.69 Å². The van der Waals surface area contributed by atoms with E-state index in [1.165, 1.54) is 0 Å². The fourth-order valence-corrected chi connectivity index (χ4v) is 3.02. The molecule has 27 heavy (non-hydrogen) atoms. The maximum Gasteiger partial charge on any atom is 0.257 e. The van der Waals surface area contributed by atoms with Crippen LogP contribution in [0.2, 0.25) is 0 Å². The third-order valence-electron chi connectivity index (χ3n) is 4.32. The van der Waals surface area contributed by atoms with Crippen LogP contribution in [0.5, 0.6) is 5.75 Å². The summed E-state index contributed by atoms with van der Waals surface area (Å²) >= 11 is 0. The van der Waals surface area contributed by atoms with Gasteiger partial charge in [0.05, 0.1) is 11.3 Å². The van der Waals surface area contributed by atoms with Crippen molar-refractivity contribution < 1.29 is 9.53 Å². The van der Waals surface area contributed by atoms with Crippen molar-refractivity contribution in [3.63, 3.8) is 0 Å². The molecule has 0 spiro atoms. The Morgan fingerprint density at radius 1 is 1.04 bits per heavy atom. The number of hydrogen-bond donors (Lipinski definition) is 1. The number of carbonyl (C=O) groups excluding carboxylic acids is 1. The fraction of sp³-hybridized carbons (Fsp3) is 0.182. The van der Waals surface area contributed by atoms with Crippen molar-refractivity contribution in [1.29, 1.82) is 5.26 Å². The monoisotopic (exact) mass is 359 g/mol. The molecule has 1 aromatic heterocycles. The second kappa shape index (κ2) is 7.79. The maximum atomic E-state index is 13.0. The van der Waals surface area contributed by atoms with Crippen molar-refractivity contribution >= 4 is 11.6 Å². The summed E-state index contributed by atoms with van der Waals surface area (Å²) in [5.74, 6) is 0.413. The molecule has 0 fully saturated rings. The smallest absolute Gasteiger partial charge is 0.257 e. The normalized spacial score (nSPS) is 10.3. The van der Waals surface area contributed by atoms with Gasteiger partial charge in [0.15, 0.2) is 6.61 Å².